The van der Waals surface area contributed by atoms with Gasteiger partial charge in [0.1, 0.15) is 12.2 Å². The van der Waals surface area contributed by atoms with Crippen molar-refractivity contribution in [3.63, 3.8) is 0 Å². The lowest BCUT2D eigenvalue weighted by Gasteiger charge is -2.14. The zero-order valence-corrected chi connectivity index (χ0v) is 11.2. The number of aliphatic hydroxyl groups is 1. The van der Waals surface area contributed by atoms with Crippen LogP contribution in [0.4, 0.5) is 0 Å². The molecule has 1 aromatic rings. The SMILES string of the molecule is CC(C)Cn1ncnc1CSC(C)C(C)O. The average Bonchev–Trinajstić information content (AvgIpc) is 2.60. The third-order valence-corrected chi connectivity index (χ3v) is 3.73. The van der Waals surface area contributed by atoms with Gasteiger partial charge in [-0.25, -0.2) is 9.67 Å². The minimum absolute atomic E-state index is 0.226. The number of thioether (sulfide) groups is 1. The maximum atomic E-state index is 9.40. The second-order valence-electron chi connectivity index (χ2n) is 4.51. The predicted octanol–water partition coefficient (Wildman–Crippen LogP) is 1.94. The average molecular weight is 243 g/mol. The van der Waals surface area contributed by atoms with Gasteiger partial charge in [-0.3, -0.25) is 0 Å². The molecule has 1 aromatic heterocycles. The van der Waals surface area contributed by atoms with E-state index >= 15 is 0 Å². The molecule has 16 heavy (non-hydrogen) atoms. The van der Waals surface area contributed by atoms with Crippen LogP contribution in [0, 0.1) is 5.92 Å². The second kappa shape index (κ2) is 6.25. The van der Waals surface area contributed by atoms with Crippen LogP contribution in [0.1, 0.15) is 33.5 Å². The van der Waals surface area contributed by atoms with Crippen molar-refractivity contribution in [2.45, 2.75) is 51.3 Å². The maximum Gasteiger partial charge on any atom is 0.138 e. The third-order valence-electron chi connectivity index (χ3n) is 2.39. The molecule has 2 unspecified atom stereocenters. The lowest BCUT2D eigenvalue weighted by molar-refractivity contribution is 0.196. The summed E-state index contributed by atoms with van der Waals surface area (Å²) >= 11 is 1.71. The van der Waals surface area contributed by atoms with E-state index in [1.165, 1.54) is 0 Å². The number of aromatic nitrogens is 3. The molecule has 5 heteroatoms. The Hall–Kier alpha value is -0.550. The summed E-state index contributed by atoms with van der Waals surface area (Å²) in [6, 6.07) is 0. The molecule has 0 bridgehead atoms. The highest BCUT2D eigenvalue weighted by Crippen LogP contribution is 2.19. The molecule has 1 N–H and O–H groups in total. The first-order chi connectivity index (χ1) is 7.50. The number of hydrogen-bond acceptors (Lipinski definition) is 4. The van der Waals surface area contributed by atoms with Crippen molar-refractivity contribution in [3.05, 3.63) is 12.2 Å². The summed E-state index contributed by atoms with van der Waals surface area (Å²) in [5.74, 6) is 2.37. The Kier molecular flexibility index (Phi) is 5.28. The number of nitrogens with zero attached hydrogens (tertiary/aromatic N) is 3. The Labute approximate surface area is 101 Å². The molecule has 92 valence electrons. The van der Waals surface area contributed by atoms with Crippen molar-refractivity contribution in [1.82, 2.24) is 14.8 Å². The fraction of sp³-hybridized carbons (Fsp3) is 0.818. The van der Waals surface area contributed by atoms with Gasteiger partial charge >= 0.3 is 0 Å². The Morgan fingerprint density at radius 3 is 2.62 bits per heavy atom. The predicted molar refractivity (Wildman–Crippen MR) is 67.3 cm³/mol. The Morgan fingerprint density at radius 1 is 1.38 bits per heavy atom. The van der Waals surface area contributed by atoms with Crippen molar-refractivity contribution in [2.24, 2.45) is 5.92 Å². The molecule has 0 aromatic carbocycles. The molecule has 0 aliphatic rings. The molecule has 1 heterocycles. The fourth-order valence-electron chi connectivity index (χ4n) is 1.24. The quantitative estimate of drug-likeness (QED) is 0.829. The van der Waals surface area contributed by atoms with E-state index in [0.717, 1.165) is 18.1 Å². The van der Waals surface area contributed by atoms with Crippen LogP contribution >= 0.6 is 11.8 Å². The standard InChI is InChI=1S/C11H21N3OS/c1-8(2)5-14-11(12-7-13-14)6-16-10(4)9(3)15/h7-10,15H,5-6H2,1-4H3. The Bertz CT molecular complexity index is 312. The monoisotopic (exact) mass is 243 g/mol. The minimum Gasteiger partial charge on any atom is -0.392 e. The van der Waals surface area contributed by atoms with E-state index in [4.69, 9.17) is 0 Å². The highest BCUT2D eigenvalue weighted by Gasteiger charge is 2.12. The van der Waals surface area contributed by atoms with Crippen molar-refractivity contribution in [3.8, 4) is 0 Å². The van der Waals surface area contributed by atoms with Crippen LogP contribution in [-0.4, -0.2) is 31.2 Å². The van der Waals surface area contributed by atoms with E-state index in [1.54, 1.807) is 18.1 Å². The highest BCUT2D eigenvalue weighted by atomic mass is 32.2. The van der Waals surface area contributed by atoms with Gasteiger partial charge in [0.2, 0.25) is 0 Å². The van der Waals surface area contributed by atoms with Gasteiger partial charge in [-0.15, -0.1) is 11.8 Å². The highest BCUT2D eigenvalue weighted by molar-refractivity contribution is 7.99. The Balaban J connectivity index is 2.50. The molecule has 0 fully saturated rings. The van der Waals surface area contributed by atoms with Gasteiger partial charge in [-0.2, -0.15) is 5.10 Å². The molecule has 0 saturated heterocycles. The zero-order chi connectivity index (χ0) is 12.1. The molecular formula is C11H21N3OS. The van der Waals surface area contributed by atoms with E-state index in [-0.39, 0.29) is 11.4 Å². The summed E-state index contributed by atoms with van der Waals surface area (Å²) < 4.78 is 1.95. The van der Waals surface area contributed by atoms with Crippen molar-refractivity contribution in [2.75, 3.05) is 0 Å². The van der Waals surface area contributed by atoms with Crippen LogP contribution in [0.15, 0.2) is 6.33 Å². The van der Waals surface area contributed by atoms with Crippen LogP contribution in [0.25, 0.3) is 0 Å². The molecule has 0 aliphatic heterocycles. The van der Waals surface area contributed by atoms with Crippen LogP contribution in [0.5, 0.6) is 0 Å². The third kappa shape index (κ3) is 4.14. The van der Waals surface area contributed by atoms with Crippen molar-refractivity contribution < 1.29 is 5.11 Å². The molecule has 0 saturated carbocycles. The first kappa shape index (κ1) is 13.5. The van der Waals surface area contributed by atoms with Crippen LogP contribution < -0.4 is 0 Å². The first-order valence-electron chi connectivity index (χ1n) is 5.67. The summed E-state index contributed by atoms with van der Waals surface area (Å²) in [6.45, 7) is 9.07. The molecule has 1 rings (SSSR count). The topological polar surface area (TPSA) is 50.9 Å². The van der Waals surface area contributed by atoms with Gasteiger partial charge in [-0.05, 0) is 12.8 Å². The summed E-state index contributed by atoms with van der Waals surface area (Å²) in [5, 5.41) is 13.8. The van der Waals surface area contributed by atoms with Gasteiger partial charge < -0.3 is 5.11 Å². The largest absolute Gasteiger partial charge is 0.392 e. The zero-order valence-electron chi connectivity index (χ0n) is 10.4. The van der Waals surface area contributed by atoms with Crippen LogP contribution in [0.3, 0.4) is 0 Å². The van der Waals surface area contributed by atoms with E-state index in [0.29, 0.717) is 5.92 Å². The van der Waals surface area contributed by atoms with E-state index in [9.17, 15) is 5.11 Å². The Morgan fingerprint density at radius 2 is 2.06 bits per heavy atom. The van der Waals surface area contributed by atoms with Gasteiger partial charge in [0.05, 0.1) is 11.9 Å². The lowest BCUT2D eigenvalue weighted by atomic mass is 10.2. The molecular weight excluding hydrogens is 222 g/mol. The van der Waals surface area contributed by atoms with E-state index < -0.39 is 0 Å². The van der Waals surface area contributed by atoms with Gasteiger partial charge in [0.25, 0.3) is 0 Å². The molecule has 0 spiro atoms. The lowest BCUT2D eigenvalue weighted by Crippen LogP contribution is -2.16. The van der Waals surface area contributed by atoms with E-state index in [1.807, 2.05) is 18.5 Å². The summed E-state index contributed by atoms with van der Waals surface area (Å²) in [4.78, 5) is 4.25. The summed E-state index contributed by atoms with van der Waals surface area (Å²) in [6.07, 6.45) is 1.32. The molecule has 0 aliphatic carbocycles. The smallest absolute Gasteiger partial charge is 0.138 e. The van der Waals surface area contributed by atoms with Crippen LogP contribution in [-0.2, 0) is 12.3 Å². The first-order valence-corrected chi connectivity index (χ1v) is 6.72. The summed E-state index contributed by atoms with van der Waals surface area (Å²) in [5.41, 5.74) is 0. The van der Waals surface area contributed by atoms with E-state index in [2.05, 4.69) is 23.9 Å². The second-order valence-corrected chi connectivity index (χ2v) is 5.87. The van der Waals surface area contributed by atoms with Crippen LogP contribution in [0.2, 0.25) is 0 Å². The molecule has 0 amide bonds. The van der Waals surface area contributed by atoms with Crippen molar-refractivity contribution in [1.29, 1.82) is 0 Å². The molecule has 0 radical (unpaired) electrons. The molecule has 4 nitrogen and oxygen atoms in total. The number of aliphatic hydroxyl groups excluding tert-OH is 1. The number of rotatable bonds is 6. The van der Waals surface area contributed by atoms with Crippen molar-refractivity contribution >= 4 is 11.8 Å². The maximum absolute atomic E-state index is 9.40. The minimum atomic E-state index is -0.286. The van der Waals surface area contributed by atoms with Gasteiger partial charge in [-0.1, -0.05) is 20.8 Å². The summed E-state index contributed by atoms with van der Waals surface area (Å²) in [7, 11) is 0. The number of hydrogen-bond donors (Lipinski definition) is 1. The normalized spacial score (nSPS) is 15.4. The fourth-order valence-corrected chi connectivity index (χ4v) is 2.16. The van der Waals surface area contributed by atoms with Gasteiger partial charge in [0, 0.05) is 11.8 Å². The molecule has 2 atom stereocenters. The van der Waals surface area contributed by atoms with Gasteiger partial charge in [0.15, 0.2) is 0 Å².